The molecule has 2 rings (SSSR count). The van der Waals surface area contributed by atoms with Gasteiger partial charge in [-0.15, -0.1) is 0 Å². The third-order valence-corrected chi connectivity index (χ3v) is 3.33. The van der Waals surface area contributed by atoms with Gasteiger partial charge in [-0.25, -0.2) is 9.97 Å². The van der Waals surface area contributed by atoms with Crippen LogP contribution in [-0.4, -0.2) is 28.2 Å². The molecule has 1 unspecified atom stereocenters. The van der Waals surface area contributed by atoms with E-state index in [0.29, 0.717) is 11.9 Å². The van der Waals surface area contributed by atoms with Crippen LogP contribution in [0.1, 0.15) is 52.3 Å². The van der Waals surface area contributed by atoms with Crippen molar-refractivity contribution in [2.24, 2.45) is 0 Å². The number of rotatable bonds is 3. The van der Waals surface area contributed by atoms with Gasteiger partial charge in [0.1, 0.15) is 17.5 Å². The molecule has 0 saturated carbocycles. The van der Waals surface area contributed by atoms with Crippen LogP contribution in [-0.2, 0) is 4.74 Å². The molecule has 1 aromatic rings. The highest BCUT2D eigenvalue weighted by Gasteiger charge is 2.29. The molecular weight excluding hydrogens is 240 g/mol. The van der Waals surface area contributed by atoms with E-state index in [1.807, 2.05) is 0 Å². The summed E-state index contributed by atoms with van der Waals surface area (Å²) in [6.45, 7) is 9.15. The molecule has 5 nitrogen and oxygen atoms in total. The fourth-order valence-electron chi connectivity index (χ4n) is 2.38. The van der Waals surface area contributed by atoms with Gasteiger partial charge in [0.25, 0.3) is 0 Å². The molecule has 19 heavy (non-hydrogen) atoms. The maximum Gasteiger partial charge on any atom is 0.135 e. The Morgan fingerprint density at radius 1 is 1.42 bits per heavy atom. The average Bonchev–Trinajstić information content (AvgIpc) is 2.26. The van der Waals surface area contributed by atoms with Gasteiger partial charge in [0.05, 0.1) is 5.60 Å². The molecule has 2 heterocycles. The first-order valence-electron chi connectivity index (χ1n) is 6.91. The van der Waals surface area contributed by atoms with Gasteiger partial charge in [0.15, 0.2) is 0 Å². The highest BCUT2D eigenvalue weighted by molar-refractivity contribution is 5.45. The van der Waals surface area contributed by atoms with Gasteiger partial charge in [-0.2, -0.15) is 0 Å². The summed E-state index contributed by atoms with van der Waals surface area (Å²) >= 11 is 0. The second-order valence-corrected chi connectivity index (χ2v) is 6.13. The number of nitrogen functional groups attached to an aromatic ring is 1. The molecule has 1 atom stereocenters. The summed E-state index contributed by atoms with van der Waals surface area (Å²) in [5, 5.41) is 3.46. The van der Waals surface area contributed by atoms with E-state index in [-0.39, 0.29) is 11.5 Å². The molecular formula is C14H24N4O. The minimum absolute atomic E-state index is 0.0740. The lowest BCUT2D eigenvalue weighted by atomic mass is 9.94. The fraction of sp³-hybridized carbons (Fsp3) is 0.714. The quantitative estimate of drug-likeness (QED) is 0.877. The Morgan fingerprint density at radius 2 is 2.16 bits per heavy atom. The zero-order chi connectivity index (χ0) is 14.0. The SMILES string of the molecule is CC(C)c1nc(N)cc(NC2CCOC(C)(C)C2)n1. The van der Waals surface area contributed by atoms with E-state index in [0.717, 1.165) is 31.1 Å². The van der Waals surface area contributed by atoms with Crippen molar-refractivity contribution in [1.82, 2.24) is 9.97 Å². The second-order valence-electron chi connectivity index (χ2n) is 6.13. The van der Waals surface area contributed by atoms with Crippen LogP contribution in [0.2, 0.25) is 0 Å². The topological polar surface area (TPSA) is 73.1 Å². The summed E-state index contributed by atoms with van der Waals surface area (Å²) in [5.41, 5.74) is 5.77. The van der Waals surface area contributed by atoms with Gasteiger partial charge in [0, 0.05) is 24.6 Å². The molecule has 5 heteroatoms. The Bertz CT molecular complexity index is 445. The van der Waals surface area contributed by atoms with Crippen LogP contribution < -0.4 is 11.1 Å². The minimum atomic E-state index is -0.0740. The maximum absolute atomic E-state index is 5.84. The van der Waals surface area contributed by atoms with Crippen molar-refractivity contribution < 1.29 is 4.74 Å². The maximum atomic E-state index is 5.84. The lowest BCUT2D eigenvalue weighted by Gasteiger charge is -2.36. The summed E-state index contributed by atoms with van der Waals surface area (Å²) < 4.78 is 5.72. The van der Waals surface area contributed by atoms with Crippen LogP contribution in [0.25, 0.3) is 0 Å². The Balaban J connectivity index is 2.10. The molecule has 0 radical (unpaired) electrons. The monoisotopic (exact) mass is 264 g/mol. The number of aromatic nitrogens is 2. The van der Waals surface area contributed by atoms with Crippen LogP contribution in [0, 0.1) is 0 Å². The number of ether oxygens (including phenoxy) is 1. The molecule has 1 aliphatic heterocycles. The summed E-state index contributed by atoms with van der Waals surface area (Å²) in [4.78, 5) is 8.79. The standard InChI is InChI=1S/C14H24N4O/c1-9(2)13-17-11(15)7-12(18-13)16-10-5-6-19-14(3,4)8-10/h7,9-10H,5-6,8H2,1-4H3,(H3,15,16,17,18). The highest BCUT2D eigenvalue weighted by Crippen LogP contribution is 2.26. The van der Waals surface area contributed by atoms with E-state index in [1.54, 1.807) is 6.07 Å². The lowest BCUT2D eigenvalue weighted by Crippen LogP contribution is -2.40. The van der Waals surface area contributed by atoms with Gasteiger partial charge < -0.3 is 15.8 Å². The Hall–Kier alpha value is -1.36. The molecule has 1 fully saturated rings. The number of hydrogen-bond acceptors (Lipinski definition) is 5. The van der Waals surface area contributed by atoms with E-state index in [2.05, 4.69) is 43.0 Å². The largest absolute Gasteiger partial charge is 0.384 e. The third kappa shape index (κ3) is 3.80. The lowest BCUT2D eigenvalue weighted by molar-refractivity contribution is -0.0553. The smallest absolute Gasteiger partial charge is 0.135 e. The van der Waals surface area contributed by atoms with Crippen LogP contribution in [0.15, 0.2) is 6.07 Å². The summed E-state index contributed by atoms with van der Waals surface area (Å²) in [7, 11) is 0. The van der Waals surface area contributed by atoms with E-state index in [4.69, 9.17) is 10.5 Å². The van der Waals surface area contributed by atoms with Crippen molar-refractivity contribution in [3.05, 3.63) is 11.9 Å². The number of nitrogens with one attached hydrogen (secondary N) is 1. The number of nitrogens with two attached hydrogens (primary N) is 1. The van der Waals surface area contributed by atoms with Gasteiger partial charge in [0.2, 0.25) is 0 Å². The first-order valence-corrected chi connectivity index (χ1v) is 6.91. The predicted octanol–water partition coefficient (Wildman–Crippen LogP) is 2.55. The van der Waals surface area contributed by atoms with Gasteiger partial charge >= 0.3 is 0 Å². The van der Waals surface area contributed by atoms with Crippen LogP contribution in [0.5, 0.6) is 0 Å². The van der Waals surface area contributed by atoms with Crippen molar-refractivity contribution in [3.8, 4) is 0 Å². The number of hydrogen-bond donors (Lipinski definition) is 2. The molecule has 1 aromatic heterocycles. The average molecular weight is 264 g/mol. The summed E-state index contributed by atoms with van der Waals surface area (Å²) in [6.07, 6.45) is 1.96. The van der Waals surface area contributed by atoms with E-state index in [1.165, 1.54) is 0 Å². The van der Waals surface area contributed by atoms with Gasteiger partial charge in [-0.1, -0.05) is 13.8 Å². The van der Waals surface area contributed by atoms with Crippen molar-refractivity contribution in [1.29, 1.82) is 0 Å². The van der Waals surface area contributed by atoms with Crippen molar-refractivity contribution in [3.63, 3.8) is 0 Å². The number of anilines is 2. The molecule has 3 N–H and O–H groups in total. The molecule has 106 valence electrons. The first kappa shape index (κ1) is 14.1. The Kier molecular flexibility index (Phi) is 3.94. The number of nitrogens with zero attached hydrogens (tertiary/aromatic N) is 2. The van der Waals surface area contributed by atoms with Crippen molar-refractivity contribution in [2.75, 3.05) is 17.7 Å². The third-order valence-electron chi connectivity index (χ3n) is 3.33. The summed E-state index contributed by atoms with van der Waals surface area (Å²) in [6, 6.07) is 2.17. The van der Waals surface area contributed by atoms with Crippen LogP contribution in [0.4, 0.5) is 11.6 Å². The molecule has 1 saturated heterocycles. The zero-order valence-corrected chi connectivity index (χ0v) is 12.2. The second kappa shape index (κ2) is 5.33. The molecule has 0 amide bonds. The van der Waals surface area contributed by atoms with E-state index < -0.39 is 0 Å². The fourth-order valence-corrected chi connectivity index (χ4v) is 2.38. The van der Waals surface area contributed by atoms with E-state index >= 15 is 0 Å². The summed E-state index contributed by atoms with van der Waals surface area (Å²) in [5.74, 6) is 2.40. The van der Waals surface area contributed by atoms with Crippen molar-refractivity contribution in [2.45, 2.75) is 58.1 Å². The molecule has 0 aromatic carbocycles. The molecule has 0 bridgehead atoms. The van der Waals surface area contributed by atoms with Crippen LogP contribution >= 0.6 is 0 Å². The Morgan fingerprint density at radius 3 is 2.79 bits per heavy atom. The highest BCUT2D eigenvalue weighted by atomic mass is 16.5. The predicted molar refractivity (Wildman–Crippen MR) is 77.2 cm³/mol. The molecule has 1 aliphatic rings. The zero-order valence-electron chi connectivity index (χ0n) is 12.2. The van der Waals surface area contributed by atoms with Gasteiger partial charge in [-0.3, -0.25) is 0 Å². The Labute approximate surface area is 115 Å². The van der Waals surface area contributed by atoms with E-state index in [9.17, 15) is 0 Å². The first-order chi connectivity index (χ1) is 8.85. The van der Waals surface area contributed by atoms with Crippen LogP contribution in [0.3, 0.4) is 0 Å². The molecule has 0 aliphatic carbocycles. The normalized spacial score (nSPS) is 22.5. The van der Waals surface area contributed by atoms with Gasteiger partial charge in [-0.05, 0) is 26.7 Å². The minimum Gasteiger partial charge on any atom is -0.384 e. The van der Waals surface area contributed by atoms with Crippen molar-refractivity contribution >= 4 is 11.6 Å². The molecule has 0 spiro atoms.